The van der Waals surface area contributed by atoms with Gasteiger partial charge in [-0.05, 0) is 25.5 Å². The minimum atomic E-state index is 0.0858. The summed E-state index contributed by atoms with van der Waals surface area (Å²) in [4.78, 5) is 29.0. The highest BCUT2D eigenvalue weighted by atomic mass is 16.2. The highest BCUT2D eigenvalue weighted by Crippen LogP contribution is 2.13. The number of Topliss-reactive ketones (excluding diaryl/α,β-unsaturated/α-hetero) is 1. The van der Waals surface area contributed by atoms with Gasteiger partial charge in [0.2, 0.25) is 0 Å². The van der Waals surface area contributed by atoms with E-state index in [2.05, 4.69) is 4.90 Å². The summed E-state index contributed by atoms with van der Waals surface area (Å²) < 4.78 is 0. The first kappa shape index (κ1) is 17.4. The lowest BCUT2D eigenvalue weighted by Crippen LogP contribution is -2.50. The van der Waals surface area contributed by atoms with Crippen LogP contribution in [-0.2, 0) is 0 Å². The lowest BCUT2D eigenvalue weighted by Gasteiger charge is -2.34. The molecule has 0 atom stereocenters. The summed E-state index contributed by atoms with van der Waals surface area (Å²) in [5.74, 6) is 0.223. The van der Waals surface area contributed by atoms with E-state index in [1.165, 1.54) is 0 Å². The molecule has 130 valence electrons. The summed E-state index contributed by atoms with van der Waals surface area (Å²) in [5, 5.41) is 0. The smallest absolute Gasteiger partial charge is 0.254 e. The van der Waals surface area contributed by atoms with Gasteiger partial charge in [-0.1, -0.05) is 48.0 Å². The van der Waals surface area contributed by atoms with Crippen LogP contribution in [0.15, 0.2) is 48.5 Å². The van der Waals surface area contributed by atoms with E-state index in [1.807, 2.05) is 67.3 Å². The Balaban J connectivity index is 1.55. The molecule has 0 N–H and O–H groups in total. The number of piperazine rings is 1. The van der Waals surface area contributed by atoms with Gasteiger partial charge in [0.15, 0.2) is 5.78 Å². The number of hydrogen-bond donors (Lipinski definition) is 0. The van der Waals surface area contributed by atoms with Crippen molar-refractivity contribution in [3.05, 3.63) is 70.8 Å². The lowest BCUT2D eigenvalue weighted by atomic mass is 10.1. The maximum Gasteiger partial charge on any atom is 0.254 e. The molecule has 1 heterocycles. The number of rotatable bonds is 4. The predicted molar refractivity (Wildman–Crippen MR) is 99.0 cm³/mol. The van der Waals surface area contributed by atoms with Gasteiger partial charge in [0, 0.05) is 37.3 Å². The molecule has 0 aliphatic carbocycles. The molecule has 0 saturated carbocycles. The number of hydrogen-bond acceptors (Lipinski definition) is 3. The average Bonchev–Trinajstić information content (AvgIpc) is 2.63. The van der Waals surface area contributed by atoms with Crippen molar-refractivity contribution in [3.63, 3.8) is 0 Å². The first-order valence-corrected chi connectivity index (χ1v) is 8.72. The van der Waals surface area contributed by atoms with Crippen LogP contribution in [0.1, 0.15) is 31.8 Å². The lowest BCUT2D eigenvalue weighted by molar-refractivity contribution is 0.0624. The first-order chi connectivity index (χ1) is 12.0. The molecule has 1 amide bonds. The van der Waals surface area contributed by atoms with Gasteiger partial charge in [-0.15, -0.1) is 0 Å². The molecule has 2 aromatic carbocycles. The Morgan fingerprint density at radius 2 is 1.52 bits per heavy atom. The summed E-state index contributed by atoms with van der Waals surface area (Å²) in [7, 11) is 0. The zero-order chi connectivity index (χ0) is 17.8. The molecule has 1 aliphatic rings. The van der Waals surface area contributed by atoms with E-state index < -0.39 is 0 Å². The second-order valence-electron chi connectivity index (χ2n) is 6.67. The summed E-state index contributed by atoms with van der Waals surface area (Å²) in [5.41, 5.74) is 3.68. The Morgan fingerprint density at radius 3 is 2.16 bits per heavy atom. The molecule has 1 saturated heterocycles. The quantitative estimate of drug-likeness (QED) is 0.806. The monoisotopic (exact) mass is 336 g/mol. The predicted octanol–water partition coefficient (Wildman–Crippen LogP) is 2.94. The van der Waals surface area contributed by atoms with E-state index in [9.17, 15) is 9.59 Å². The van der Waals surface area contributed by atoms with E-state index in [4.69, 9.17) is 0 Å². The topological polar surface area (TPSA) is 40.6 Å². The zero-order valence-electron chi connectivity index (χ0n) is 14.9. The van der Waals surface area contributed by atoms with Gasteiger partial charge in [-0.3, -0.25) is 14.5 Å². The van der Waals surface area contributed by atoms with Gasteiger partial charge in [-0.2, -0.15) is 0 Å². The summed E-state index contributed by atoms with van der Waals surface area (Å²) in [6, 6.07) is 15.4. The third-order valence-corrected chi connectivity index (χ3v) is 4.78. The second-order valence-corrected chi connectivity index (χ2v) is 6.67. The largest absolute Gasteiger partial charge is 0.336 e. The molecule has 2 aromatic rings. The Labute approximate surface area is 149 Å². The Hall–Kier alpha value is -2.46. The van der Waals surface area contributed by atoms with Crippen LogP contribution in [-0.4, -0.2) is 54.2 Å². The molecular weight excluding hydrogens is 312 g/mol. The Kier molecular flexibility index (Phi) is 5.29. The van der Waals surface area contributed by atoms with Crippen molar-refractivity contribution in [2.75, 3.05) is 32.7 Å². The van der Waals surface area contributed by atoms with Crippen LogP contribution in [0.2, 0.25) is 0 Å². The molecule has 1 aliphatic heterocycles. The Morgan fingerprint density at radius 1 is 0.880 bits per heavy atom. The molecular formula is C21H24N2O2. The van der Waals surface area contributed by atoms with Crippen molar-refractivity contribution in [3.8, 4) is 0 Å². The van der Waals surface area contributed by atoms with Crippen molar-refractivity contribution in [2.45, 2.75) is 13.8 Å². The van der Waals surface area contributed by atoms with E-state index >= 15 is 0 Å². The minimum Gasteiger partial charge on any atom is -0.336 e. The molecule has 0 bridgehead atoms. The van der Waals surface area contributed by atoms with Crippen LogP contribution in [0.3, 0.4) is 0 Å². The molecule has 0 radical (unpaired) electrons. The second kappa shape index (κ2) is 7.62. The van der Waals surface area contributed by atoms with Crippen molar-refractivity contribution in [1.82, 2.24) is 9.80 Å². The normalized spacial score (nSPS) is 15.2. The van der Waals surface area contributed by atoms with Crippen molar-refractivity contribution >= 4 is 11.7 Å². The highest BCUT2D eigenvalue weighted by Gasteiger charge is 2.24. The molecule has 4 heteroatoms. The van der Waals surface area contributed by atoms with Gasteiger partial charge in [0.25, 0.3) is 5.91 Å². The maximum atomic E-state index is 12.6. The Bertz CT molecular complexity index is 760. The third kappa shape index (κ3) is 4.15. The minimum absolute atomic E-state index is 0.0858. The first-order valence-electron chi connectivity index (χ1n) is 8.72. The number of benzene rings is 2. The molecule has 0 aromatic heterocycles. The number of amides is 1. The molecule has 0 unspecified atom stereocenters. The van der Waals surface area contributed by atoms with E-state index in [-0.39, 0.29) is 11.7 Å². The van der Waals surface area contributed by atoms with Gasteiger partial charge in [0.05, 0.1) is 6.54 Å². The molecule has 0 spiro atoms. The summed E-state index contributed by atoms with van der Waals surface area (Å²) in [6.07, 6.45) is 0. The third-order valence-electron chi connectivity index (χ3n) is 4.78. The standard InChI is InChI=1S/C21H24N2O2/c1-16-7-9-18(10-8-16)20(24)15-22-11-13-23(14-12-22)21(25)19-6-4-3-5-17(19)2/h3-10H,11-15H2,1-2H3. The SMILES string of the molecule is Cc1ccc(C(=O)CN2CCN(C(=O)c3ccccc3C)CC2)cc1. The van der Waals surface area contributed by atoms with Crippen molar-refractivity contribution < 1.29 is 9.59 Å². The van der Waals surface area contributed by atoms with E-state index in [0.717, 1.165) is 35.3 Å². The van der Waals surface area contributed by atoms with Crippen LogP contribution in [0.25, 0.3) is 0 Å². The number of ketones is 1. The molecule has 25 heavy (non-hydrogen) atoms. The van der Waals surface area contributed by atoms with Crippen molar-refractivity contribution in [2.24, 2.45) is 0 Å². The van der Waals surface area contributed by atoms with Crippen LogP contribution in [0.5, 0.6) is 0 Å². The van der Waals surface area contributed by atoms with Gasteiger partial charge < -0.3 is 4.90 Å². The number of nitrogens with zero attached hydrogens (tertiary/aromatic N) is 2. The fraction of sp³-hybridized carbons (Fsp3) is 0.333. The molecule has 4 nitrogen and oxygen atoms in total. The van der Waals surface area contributed by atoms with Gasteiger partial charge in [-0.25, -0.2) is 0 Å². The summed E-state index contributed by atoms with van der Waals surface area (Å²) >= 11 is 0. The van der Waals surface area contributed by atoms with Crippen LogP contribution in [0, 0.1) is 13.8 Å². The fourth-order valence-corrected chi connectivity index (χ4v) is 3.13. The summed E-state index contributed by atoms with van der Waals surface area (Å²) in [6.45, 7) is 7.17. The van der Waals surface area contributed by atoms with E-state index in [0.29, 0.717) is 19.6 Å². The van der Waals surface area contributed by atoms with Crippen LogP contribution in [0.4, 0.5) is 0 Å². The number of carbonyl (C=O) groups is 2. The zero-order valence-corrected chi connectivity index (χ0v) is 14.9. The molecule has 1 fully saturated rings. The van der Waals surface area contributed by atoms with Gasteiger partial charge >= 0.3 is 0 Å². The highest BCUT2D eigenvalue weighted by molar-refractivity contribution is 5.98. The van der Waals surface area contributed by atoms with Gasteiger partial charge in [0.1, 0.15) is 0 Å². The number of aryl methyl sites for hydroxylation is 2. The van der Waals surface area contributed by atoms with E-state index in [1.54, 1.807) is 0 Å². The van der Waals surface area contributed by atoms with Crippen LogP contribution < -0.4 is 0 Å². The van der Waals surface area contributed by atoms with Crippen LogP contribution >= 0.6 is 0 Å². The van der Waals surface area contributed by atoms with Crippen molar-refractivity contribution in [1.29, 1.82) is 0 Å². The fourth-order valence-electron chi connectivity index (χ4n) is 3.13. The average molecular weight is 336 g/mol. The number of carbonyl (C=O) groups excluding carboxylic acids is 2. The maximum absolute atomic E-state index is 12.6. The molecule has 3 rings (SSSR count).